The normalized spacial score (nSPS) is 12.5. The van der Waals surface area contributed by atoms with Gasteiger partial charge in [0.1, 0.15) is 11.9 Å². The van der Waals surface area contributed by atoms with E-state index in [1.807, 2.05) is 13.8 Å². The van der Waals surface area contributed by atoms with E-state index in [1.165, 1.54) is 6.20 Å². The number of rotatable bonds is 10. The summed E-state index contributed by atoms with van der Waals surface area (Å²) in [5.41, 5.74) is 6.97. The molecule has 3 amide bonds. The molecule has 0 saturated heterocycles. The zero-order valence-corrected chi connectivity index (χ0v) is 18.0. The third kappa shape index (κ3) is 7.71. The van der Waals surface area contributed by atoms with Crippen LogP contribution in [0.5, 0.6) is 0 Å². The topological polar surface area (TPSA) is 170 Å². The highest BCUT2D eigenvalue weighted by molar-refractivity contribution is 5.97. The molecule has 7 N–H and O–H groups in total. The molecular weight excluding hydrogens is 412 g/mol. The summed E-state index contributed by atoms with van der Waals surface area (Å²) in [6.45, 7) is 3.83. The van der Waals surface area contributed by atoms with Gasteiger partial charge in [0.15, 0.2) is 0 Å². The largest absolute Gasteiger partial charge is 0.481 e. The summed E-state index contributed by atoms with van der Waals surface area (Å²) in [5.74, 6) is -1.55. The molecule has 0 unspecified atom stereocenters. The Morgan fingerprint density at radius 1 is 1.12 bits per heavy atom. The Kier molecular flexibility index (Phi) is 8.70. The van der Waals surface area contributed by atoms with E-state index in [2.05, 4.69) is 20.9 Å². The number of anilines is 1. The Morgan fingerprint density at radius 2 is 1.81 bits per heavy atom. The fraction of sp³-hybridized carbons (Fsp3) is 0.318. The van der Waals surface area contributed by atoms with Crippen molar-refractivity contribution in [2.24, 2.45) is 11.7 Å². The van der Waals surface area contributed by atoms with E-state index in [1.54, 1.807) is 42.6 Å². The summed E-state index contributed by atoms with van der Waals surface area (Å²) in [6, 6.07) is 7.48. The Balaban J connectivity index is 2.09. The first-order valence-electron chi connectivity index (χ1n) is 10.1. The number of amides is 3. The van der Waals surface area contributed by atoms with Crippen LogP contribution in [-0.4, -0.2) is 39.9 Å². The number of pyridine rings is 1. The van der Waals surface area contributed by atoms with Crippen molar-refractivity contribution in [3.63, 3.8) is 0 Å². The summed E-state index contributed by atoms with van der Waals surface area (Å²) >= 11 is 0. The first kappa shape index (κ1) is 24.3. The average molecular weight is 441 g/mol. The summed E-state index contributed by atoms with van der Waals surface area (Å²) < 4.78 is 0. The number of hydrogen-bond acceptors (Lipinski definition) is 5. The van der Waals surface area contributed by atoms with Gasteiger partial charge >= 0.3 is 12.0 Å². The highest BCUT2D eigenvalue weighted by atomic mass is 16.4. The second-order valence-electron chi connectivity index (χ2n) is 7.72. The number of carboxylic acids is 1. The molecule has 0 bridgehead atoms. The van der Waals surface area contributed by atoms with Crippen molar-refractivity contribution in [3.8, 4) is 0 Å². The van der Waals surface area contributed by atoms with Gasteiger partial charge in [-0.05, 0) is 48.2 Å². The molecule has 32 heavy (non-hydrogen) atoms. The molecule has 170 valence electrons. The zero-order chi connectivity index (χ0) is 23.7. The van der Waals surface area contributed by atoms with Crippen molar-refractivity contribution < 1.29 is 19.5 Å². The molecule has 0 saturated carbocycles. The quantitative estimate of drug-likeness (QED) is 0.244. The number of nitrogen functional groups attached to an aromatic ring is 1. The minimum Gasteiger partial charge on any atom is -0.481 e. The number of nitrogens with two attached hydrogens (primary N) is 1. The molecule has 0 radical (unpaired) electrons. The molecule has 1 aromatic carbocycles. The first-order valence-corrected chi connectivity index (χ1v) is 10.1. The van der Waals surface area contributed by atoms with Gasteiger partial charge in [-0.2, -0.15) is 0 Å². The van der Waals surface area contributed by atoms with Gasteiger partial charge in [-0.1, -0.05) is 19.9 Å². The van der Waals surface area contributed by atoms with Crippen LogP contribution < -0.4 is 21.7 Å². The SMILES string of the molecule is CC(C)C[C@H](NC(=O)Nc1ccc(C(=N)N)cc1)C(=O)N[C@@H](CC(=O)O)c1cccnc1. The number of carboxylic acid groups (broad SMARTS) is 1. The molecule has 0 aliphatic heterocycles. The second-order valence-corrected chi connectivity index (χ2v) is 7.72. The van der Waals surface area contributed by atoms with Crippen LogP contribution in [-0.2, 0) is 9.59 Å². The maximum atomic E-state index is 12.9. The number of benzene rings is 1. The van der Waals surface area contributed by atoms with Crippen LogP contribution in [0.15, 0.2) is 48.8 Å². The number of aromatic nitrogens is 1. The van der Waals surface area contributed by atoms with E-state index < -0.39 is 30.0 Å². The number of aliphatic carboxylic acids is 1. The van der Waals surface area contributed by atoms with Gasteiger partial charge in [-0.25, -0.2) is 4.79 Å². The number of hydrogen-bond donors (Lipinski definition) is 6. The Bertz CT molecular complexity index is 947. The zero-order valence-electron chi connectivity index (χ0n) is 18.0. The summed E-state index contributed by atoms with van der Waals surface area (Å²) in [6.07, 6.45) is 3.09. The van der Waals surface area contributed by atoms with Crippen molar-refractivity contribution in [1.82, 2.24) is 15.6 Å². The first-order chi connectivity index (χ1) is 15.2. The maximum absolute atomic E-state index is 12.9. The lowest BCUT2D eigenvalue weighted by Crippen LogP contribution is -2.49. The lowest BCUT2D eigenvalue weighted by atomic mass is 10.0. The van der Waals surface area contributed by atoms with Gasteiger partial charge < -0.3 is 26.8 Å². The minimum absolute atomic E-state index is 0.0841. The summed E-state index contributed by atoms with van der Waals surface area (Å²) in [7, 11) is 0. The van der Waals surface area contributed by atoms with Crippen LogP contribution in [0.1, 0.15) is 43.9 Å². The highest BCUT2D eigenvalue weighted by Crippen LogP contribution is 2.17. The predicted octanol–water partition coefficient (Wildman–Crippen LogP) is 2.23. The minimum atomic E-state index is -1.07. The van der Waals surface area contributed by atoms with E-state index in [0.29, 0.717) is 23.2 Å². The monoisotopic (exact) mass is 440 g/mol. The van der Waals surface area contributed by atoms with Crippen LogP contribution in [0.25, 0.3) is 0 Å². The molecular formula is C22H28N6O4. The van der Waals surface area contributed by atoms with Gasteiger partial charge in [0.2, 0.25) is 5.91 Å². The van der Waals surface area contributed by atoms with E-state index in [9.17, 15) is 19.5 Å². The molecule has 0 aliphatic rings. The Hall–Kier alpha value is -3.95. The highest BCUT2D eigenvalue weighted by Gasteiger charge is 2.26. The van der Waals surface area contributed by atoms with Gasteiger partial charge in [-0.3, -0.25) is 20.0 Å². The van der Waals surface area contributed by atoms with Crippen molar-refractivity contribution in [2.45, 2.75) is 38.8 Å². The number of carbonyl (C=O) groups excluding carboxylic acids is 2. The molecule has 1 aromatic heterocycles. The number of nitrogens with one attached hydrogen (secondary N) is 4. The van der Waals surface area contributed by atoms with Crippen molar-refractivity contribution in [3.05, 3.63) is 59.9 Å². The van der Waals surface area contributed by atoms with E-state index in [0.717, 1.165) is 0 Å². The van der Waals surface area contributed by atoms with Gasteiger partial charge in [-0.15, -0.1) is 0 Å². The third-order valence-electron chi connectivity index (χ3n) is 4.56. The van der Waals surface area contributed by atoms with E-state index >= 15 is 0 Å². The van der Waals surface area contributed by atoms with Crippen LogP contribution in [0.2, 0.25) is 0 Å². The van der Waals surface area contributed by atoms with Crippen molar-refractivity contribution in [2.75, 3.05) is 5.32 Å². The molecule has 1 heterocycles. The third-order valence-corrected chi connectivity index (χ3v) is 4.56. The van der Waals surface area contributed by atoms with E-state index in [-0.39, 0.29) is 18.2 Å². The molecule has 2 rings (SSSR count). The van der Waals surface area contributed by atoms with Gasteiger partial charge in [0, 0.05) is 23.6 Å². The summed E-state index contributed by atoms with van der Waals surface area (Å²) in [4.78, 5) is 40.7. The number of carbonyl (C=O) groups is 3. The number of nitrogens with zero attached hydrogens (tertiary/aromatic N) is 1. The molecule has 2 atom stereocenters. The van der Waals surface area contributed by atoms with Crippen molar-refractivity contribution in [1.29, 1.82) is 5.41 Å². The maximum Gasteiger partial charge on any atom is 0.319 e. The second kappa shape index (κ2) is 11.4. The fourth-order valence-corrected chi connectivity index (χ4v) is 3.04. The molecule has 0 aliphatic carbocycles. The van der Waals surface area contributed by atoms with Crippen LogP contribution in [0.4, 0.5) is 10.5 Å². The van der Waals surface area contributed by atoms with Crippen LogP contribution in [0.3, 0.4) is 0 Å². The standard InChI is InChI=1S/C22H28N6O4/c1-13(2)10-18(28-22(32)26-16-7-5-14(6-8-16)20(23)24)21(31)27-17(11-19(29)30)15-4-3-9-25-12-15/h3-9,12-13,17-18H,10-11H2,1-2H3,(H3,23,24)(H,27,31)(H,29,30)(H2,26,28,32)/t17-,18-/m0/s1. The predicted molar refractivity (Wildman–Crippen MR) is 120 cm³/mol. The molecule has 2 aromatic rings. The van der Waals surface area contributed by atoms with Gasteiger partial charge in [0.05, 0.1) is 12.5 Å². The van der Waals surface area contributed by atoms with Crippen LogP contribution >= 0.6 is 0 Å². The lowest BCUT2D eigenvalue weighted by Gasteiger charge is -2.24. The van der Waals surface area contributed by atoms with Gasteiger partial charge in [0.25, 0.3) is 0 Å². The smallest absolute Gasteiger partial charge is 0.319 e. The Labute approximate surface area is 186 Å². The van der Waals surface area contributed by atoms with Crippen molar-refractivity contribution >= 4 is 29.4 Å². The number of urea groups is 1. The Morgan fingerprint density at radius 3 is 2.34 bits per heavy atom. The number of amidine groups is 1. The average Bonchev–Trinajstić information content (AvgIpc) is 2.73. The fourth-order valence-electron chi connectivity index (χ4n) is 3.04. The molecule has 0 fully saturated rings. The molecule has 10 heteroatoms. The molecule has 10 nitrogen and oxygen atoms in total. The van der Waals surface area contributed by atoms with Crippen LogP contribution in [0, 0.1) is 11.3 Å². The summed E-state index contributed by atoms with van der Waals surface area (Å²) in [5, 5.41) is 24.6. The molecule has 0 spiro atoms. The lowest BCUT2D eigenvalue weighted by molar-refractivity contribution is -0.137. The van der Waals surface area contributed by atoms with E-state index in [4.69, 9.17) is 11.1 Å².